The van der Waals surface area contributed by atoms with E-state index in [-0.39, 0.29) is 11.8 Å². The van der Waals surface area contributed by atoms with Gasteiger partial charge in [0.2, 0.25) is 0 Å². The van der Waals surface area contributed by atoms with E-state index >= 15 is 0 Å². The van der Waals surface area contributed by atoms with Crippen molar-refractivity contribution in [1.82, 2.24) is 0 Å². The minimum Gasteiger partial charge on any atom is -0.467 e. The van der Waals surface area contributed by atoms with Gasteiger partial charge in [-0.25, -0.2) is 4.79 Å². The van der Waals surface area contributed by atoms with Crippen LogP contribution in [-0.2, 0) is 9.53 Å². The van der Waals surface area contributed by atoms with Crippen molar-refractivity contribution in [1.29, 1.82) is 0 Å². The lowest BCUT2D eigenvalue weighted by Crippen LogP contribution is -2.52. The van der Waals surface area contributed by atoms with Crippen molar-refractivity contribution in [2.45, 2.75) is 52.1 Å². The van der Waals surface area contributed by atoms with E-state index in [4.69, 9.17) is 4.74 Å². The lowest BCUT2D eigenvalue weighted by molar-refractivity contribution is -0.178. The standard InChI is InChI=1S/C13H24O3/c1-5-10-7-6-8-11(10)13(15,9(2)3)12(14)16-4/h9-11,15H,5-8H2,1-4H3. The molecule has 3 nitrogen and oxygen atoms in total. The number of hydrogen-bond donors (Lipinski definition) is 1. The first-order valence-corrected chi connectivity index (χ1v) is 6.29. The number of rotatable bonds is 4. The highest BCUT2D eigenvalue weighted by atomic mass is 16.5. The zero-order valence-corrected chi connectivity index (χ0v) is 10.8. The van der Waals surface area contributed by atoms with Gasteiger partial charge < -0.3 is 9.84 Å². The van der Waals surface area contributed by atoms with Crippen LogP contribution in [-0.4, -0.2) is 23.8 Å². The summed E-state index contributed by atoms with van der Waals surface area (Å²) in [5, 5.41) is 10.7. The molecular formula is C13H24O3. The van der Waals surface area contributed by atoms with E-state index in [0.717, 1.165) is 25.7 Å². The van der Waals surface area contributed by atoms with Crippen LogP contribution in [0.1, 0.15) is 46.5 Å². The number of esters is 1. The highest BCUT2D eigenvalue weighted by molar-refractivity contribution is 5.80. The fourth-order valence-corrected chi connectivity index (χ4v) is 3.08. The maximum absolute atomic E-state index is 11.9. The molecular weight excluding hydrogens is 204 g/mol. The minimum absolute atomic E-state index is 0.0601. The number of methoxy groups -OCH3 is 1. The molecule has 1 aliphatic rings. The molecule has 0 spiro atoms. The molecule has 1 saturated carbocycles. The SMILES string of the molecule is CCC1CCCC1C(O)(C(=O)OC)C(C)C. The summed E-state index contributed by atoms with van der Waals surface area (Å²) in [5.74, 6) is -0.0543. The van der Waals surface area contributed by atoms with Crippen molar-refractivity contribution in [3.63, 3.8) is 0 Å². The molecule has 3 unspecified atom stereocenters. The topological polar surface area (TPSA) is 46.5 Å². The van der Waals surface area contributed by atoms with Gasteiger partial charge >= 0.3 is 5.97 Å². The maximum atomic E-state index is 11.9. The molecule has 1 fully saturated rings. The molecule has 0 aromatic carbocycles. The van der Waals surface area contributed by atoms with Gasteiger partial charge in [-0.05, 0) is 18.3 Å². The Kier molecular flexibility index (Phi) is 4.36. The van der Waals surface area contributed by atoms with E-state index < -0.39 is 11.6 Å². The van der Waals surface area contributed by atoms with E-state index in [1.807, 2.05) is 13.8 Å². The van der Waals surface area contributed by atoms with Crippen LogP contribution in [0.5, 0.6) is 0 Å². The lowest BCUT2D eigenvalue weighted by Gasteiger charge is -2.37. The molecule has 3 atom stereocenters. The van der Waals surface area contributed by atoms with Gasteiger partial charge in [0.25, 0.3) is 0 Å². The first kappa shape index (κ1) is 13.5. The Morgan fingerprint density at radius 3 is 2.56 bits per heavy atom. The quantitative estimate of drug-likeness (QED) is 0.751. The highest BCUT2D eigenvalue weighted by Gasteiger charge is 2.51. The molecule has 0 radical (unpaired) electrons. The second kappa shape index (κ2) is 5.17. The Morgan fingerprint density at radius 2 is 2.12 bits per heavy atom. The molecule has 0 amide bonds. The van der Waals surface area contributed by atoms with E-state index in [9.17, 15) is 9.90 Å². The van der Waals surface area contributed by atoms with E-state index in [0.29, 0.717) is 5.92 Å². The second-order valence-corrected chi connectivity index (χ2v) is 5.18. The van der Waals surface area contributed by atoms with Crippen LogP contribution in [0.15, 0.2) is 0 Å². The Morgan fingerprint density at radius 1 is 1.50 bits per heavy atom. The smallest absolute Gasteiger partial charge is 0.338 e. The molecule has 0 heterocycles. The predicted molar refractivity (Wildman–Crippen MR) is 62.9 cm³/mol. The lowest BCUT2D eigenvalue weighted by atomic mass is 9.73. The molecule has 0 aromatic rings. The van der Waals surface area contributed by atoms with Gasteiger partial charge in [-0.3, -0.25) is 0 Å². The van der Waals surface area contributed by atoms with Crippen LogP contribution in [0, 0.1) is 17.8 Å². The van der Waals surface area contributed by atoms with Gasteiger partial charge in [0, 0.05) is 5.92 Å². The zero-order chi connectivity index (χ0) is 12.3. The Balaban J connectivity index is 2.97. The van der Waals surface area contributed by atoms with Gasteiger partial charge in [-0.15, -0.1) is 0 Å². The minimum atomic E-state index is -1.30. The monoisotopic (exact) mass is 228 g/mol. The van der Waals surface area contributed by atoms with Crippen molar-refractivity contribution in [2.24, 2.45) is 17.8 Å². The van der Waals surface area contributed by atoms with Crippen molar-refractivity contribution in [2.75, 3.05) is 7.11 Å². The molecule has 1 aliphatic carbocycles. The fourth-order valence-electron chi connectivity index (χ4n) is 3.08. The van der Waals surface area contributed by atoms with Crippen LogP contribution in [0.2, 0.25) is 0 Å². The van der Waals surface area contributed by atoms with Crippen LogP contribution < -0.4 is 0 Å². The normalized spacial score (nSPS) is 29.1. The summed E-state index contributed by atoms with van der Waals surface area (Å²) >= 11 is 0. The van der Waals surface area contributed by atoms with E-state index in [1.165, 1.54) is 7.11 Å². The van der Waals surface area contributed by atoms with Crippen LogP contribution in [0.3, 0.4) is 0 Å². The summed E-state index contributed by atoms with van der Waals surface area (Å²) in [7, 11) is 1.35. The predicted octanol–water partition coefficient (Wildman–Crippen LogP) is 2.37. The van der Waals surface area contributed by atoms with Gasteiger partial charge in [0.05, 0.1) is 7.11 Å². The van der Waals surface area contributed by atoms with Gasteiger partial charge in [-0.1, -0.05) is 40.0 Å². The van der Waals surface area contributed by atoms with Gasteiger partial charge in [-0.2, -0.15) is 0 Å². The maximum Gasteiger partial charge on any atom is 0.338 e. The number of carbonyl (C=O) groups is 1. The summed E-state index contributed by atoms with van der Waals surface area (Å²) in [5.41, 5.74) is -1.30. The number of ether oxygens (including phenoxy) is 1. The van der Waals surface area contributed by atoms with Crippen molar-refractivity contribution >= 4 is 5.97 Å². The van der Waals surface area contributed by atoms with Crippen molar-refractivity contribution < 1.29 is 14.6 Å². The highest BCUT2D eigenvalue weighted by Crippen LogP contribution is 2.44. The second-order valence-electron chi connectivity index (χ2n) is 5.18. The number of aliphatic hydroxyl groups is 1. The third-order valence-electron chi connectivity index (χ3n) is 4.14. The summed E-state index contributed by atoms with van der Waals surface area (Å²) in [6, 6.07) is 0. The Bertz CT molecular complexity index is 250. The zero-order valence-electron chi connectivity index (χ0n) is 10.8. The third-order valence-corrected chi connectivity index (χ3v) is 4.14. The van der Waals surface area contributed by atoms with Crippen LogP contribution >= 0.6 is 0 Å². The van der Waals surface area contributed by atoms with Gasteiger partial charge in [0.1, 0.15) is 0 Å². The van der Waals surface area contributed by atoms with Crippen molar-refractivity contribution in [3.05, 3.63) is 0 Å². The molecule has 0 bridgehead atoms. The average molecular weight is 228 g/mol. The van der Waals surface area contributed by atoms with Gasteiger partial charge in [0.15, 0.2) is 5.60 Å². The Hall–Kier alpha value is -0.570. The molecule has 1 N–H and O–H groups in total. The molecule has 16 heavy (non-hydrogen) atoms. The summed E-state index contributed by atoms with van der Waals surface area (Å²) in [6.07, 6.45) is 4.18. The molecule has 1 rings (SSSR count). The first-order chi connectivity index (χ1) is 7.48. The van der Waals surface area contributed by atoms with E-state index in [1.54, 1.807) is 0 Å². The Labute approximate surface area is 98.2 Å². The number of carbonyl (C=O) groups excluding carboxylic acids is 1. The third kappa shape index (κ3) is 2.10. The van der Waals surface area contributed by atoms with Crippen LogP contribution in [0.25, 0.3) is 0 Å². The summed E-state index contributed by atoms with van der Waals surface area (Å²) < 4.78 is 4.79. The first-order valence-electron chi connectivity index (χ1n) is 6.29. The molecule has 3 heteroatoms. The molecule has 0 aliphatic heterocycles. The molecule has 94 valence electrons. The largest absolute Gasteiger partial charge is 0.467 e. The van der Waals surface area contributed by atoms with Crippen molar-refractivity contribution in [3.8, 4) is 0 Å². The summed E-state index contributed by atoms with van der Waals surface area (Å²) in [4.78, 5) is 11.9. The van der Waals surface area contributed by atoms with E-state index in [2.05, 4.69) is 6.92 Å². The number of hydrogen-bond acceptors (Lipinski definition) is 3. The average Bonchev–Trinajstić information content (AvgIpc) is 2.74. The fraction of sp³-hybridized carbons (Fsp3) is 0.923. The van der Waals surface area contributed by atoms with Crippen LogP contribution in [0.4, 0.5) is 0 Å². The summed E-state index contributed by atoms with van der Waals surface area (Å²) in [6.45, 7) is 5.91. The molecule has 0 aromatic heterocycles. The molecule has 0 saturated heterocycles.